The molecule has 1 aromatic heterocycles. The van der Waals surface area contributed by atoms with Gasteiger partial charge in [0.05, 0.1) is 0 Å². The van der Waals surface area contributed by atoms with Crippen LogP contribution in [0.25, 0.3) is 0 Å². The van der Waals surface area contributed by atoms with Gasteiger partial charge in [-0.2, -0.15) is 4.37 Å². The van der Waals surface area contributed by atoms with Gasteiger partial charge in [0, 0.05) is 31.2 Å². The molecule has 1 aromatic rings. The quantitative estimate of drug-likeness (QED) is 0.795. The maximum atomic E-state index is 5.12. The molecular weight excluding hydrogens is 282 g/mol. The second-order valence-electron chi connectivity index (χ2n) is 6.50. The molecule has 1 saturated carbocycles. The van der Waals surface area contributed by atoms with Crippen molar-refractivity contribution < 1.29 is 4.74 Å². The minimum atomic E-state index is 0.525. The number of methoxy groups -OCH3 is 1. The Labute approximate surface area is 132 Å². The first-order chi connectivity index (χ1) is 10.4. The summed E-state index contributed by atoms with van der Waals surface area (Å²) in [6.45, 7) is 1.67. The highest BCUT2D eigenvalue weighted by Gasteiger charge is 2.28. The maximum Gasteiger partial charge on any atom is 0.205 e. The molecule has 3 rings (SSSR count). The molecule has 21 heavy (non-hydrogen) atoms. The van der Waals surface area contributed by atoms with Crippen LogP contribution in [0.5, 0.6) is 0 Å². The lowest BCUT2D eigenvalue weighted by atomic mass is 9.85. The van der Waals surface area contributed by atoms with Gasteiger partial charge in [0.1, 0.15) is 6.61 Å². The fraction of sp³-hybridized carbons (Fsp3) is 0.875. The number of rotatable bonds is 6. The minimum absolute atomic E-state index is 0.525. The van der Waals surface area contributed by atoms with Crippen LogP contribution in [0.3, 0.4) is 0 Å². The molecule has 5 heteroatoms. The molecule has 1 unspecified atom stereocenters. The molecule has 4 nitrogen and oxygen atoms in total. The maximum absolute atomic E-state index is 5.12. The van der Waals surface area contributed by atoms with Gasteiger partial charge in [0.15, 0.2) is 5.82 Å². The summed E-state index contributed by atoms with van der Waals surface area (Å²) in [5, 5.41) is 1.10. The van der Waals surface area contributed by atoms with E-state index in [4.69, 9.17) is 4.74 Å². The van der Waals surface area contributed by atoms with Crippen molar-refractivity contribution in [3.63, 3.8) is 0 Å². The van der Waals surface area contributed by atoms with Crippen molar-refractivity contribution in [3.8, 4) is 0 Å². The molecule has 1 aliphatic heterocycles. The summed E-state index contributed by atoms with van der Waals surface area (Å²) in [5.41, 5.74) is 0. The van der Waals surface area contributed by atoms with Gasteiger partial charge in [-0.05, 0) is 31.6 Å². The second kappa shape index (κ2) is 7.54. The first-order valence-electron chi connectivity index (χ1n) is 8.45. The summed E-state index contributed by atoms with van der Waals surface area (Å²) in [4.78, 5) is 7.13. The third-order valence-electron chi connectivity index (χ3n) is 4.99. The molecule has 0 radical (unpaired) electrons. The molecule has 0 amide bonds. The Balaban J connectivity index is 1.54. The third-order valence-corrected chi connectivity index (χ3v) is 5.78. The number of anilines is 1. The van der Waals surface area contributed by atoms with Crippen LogP contribution in [-0.4, -0.2) is 29.1 Å². The zero-order valence-corrected chi connectivity index (χ0v) is 13.9. The fourth-order valence-corrected chi connectivity index (χ4v) is 4.61. The average Bonchev–Trinajstić information content (AvgIpc) is 3.15. The topological polar surface area (TPSA) is 38.2 Å². The largest absolute Gasteiger partial charge is 0.377 e. The van der Waals surface area contributed by atoms with Crippen molar-refractivity contribution in [2.24, 2.45) is 5.92 Å². The lowest BCUT2D eigenvalue weighted by molar-refractivity contribution is 0.179. The molecule has 2 fully saturated rings. The monoisotopic (exact) mass is 309 g/mol. The Morgan fingerprint density at radius 1 is 1.14 bits per heavy atom. The van der Waals surface area contributed by atoms with E-state index in [1.54, 1.807) is 7.11 Å². The van der Waals surface area contributed by atoms with Crippen LogP contribution in [0.4, 0.5) is 5.13 Å². The standard InChI is InChI=1S/C16H27N3OS/c1-20-12-15-17-16(21-18-15)19-11-5-8-14(19)10-9-13-6-3-2-4-7-13/h13-14H,2-12H2,1H3. The van der Waals surface area contributed by atoms with Crippen molar-refractivity contribution in [1.82, 2.24) is 9.36 Å². The molecule has 0 N–H and O–H groups in total. The molecule has 1 aliphatic carbocycles. The zero-order valence-electron chi connectivity index (χ0n) is 13.1. The fourth-order valence-electron chi connectivity index (χ4n) is 3.84. The number of aromatic nitrogens is 2. The van der Waals surface area contributed by atoms with Gasteiger partial charge in [-0.25, -0.2) is 4.98 Å². The highest BCUT2D eigenvalue weighted by Crippen LogP contribution is 2.33. The molecule has 0 spiro atoms. The van der Waals surface area contributed by atoms with E-state index in [0.29, 0.717) is 12.6 Å². The third kappa shape index (κ3) is 3.95. The Hall–Kier alpha value is -0.680. The first kappa shape index (κ1) is 15.2. The van der Waals surface area contributed by atoms with E-state index < -0.39 is 0 Å². The lowest BCUT2D eigenvalue weighted by Gasteiger charge is -2.27. The van der Waals surface area contributed by atoms with E-state index in [0.717, 1.165) is 23.4 Å². The zero-order chi connectivity index (χ0) is 14.5. The van der Waals surface area contributed by atoms with Gasteiger partial charge < -0.3 is 9.64 Å². The van der Waals surface area contributed by atoms with E-state index in [2.05, 4.69) is 14.3 Å². The molecule has 2 aliphatic rings. The van der Waals surface area contributed by atoms with Crippen molar-refractivity contribution in [2.75, 3.05) is 18.6 Å². The Bertz CT molecular complexity index is 431. The molecule has 1 atom stereocenters. The number of ether oxygens (including phenoxy) is 1. The number of nitrogens with zero attached hydrogens (tertiary/aromatic N) is 3. The molecule has 118 valence electrons. The van der Waals surface area contributed by atoms with Gasteiger partial charge in [-0.1, -0.05) is 32.1 Å². The SMILES string of the molecule is COCc1nsc(N2CCCC2CCC2CCCCC2)n1. The Morgan fingerprint density at radius 2 is 2.00 bits per heavy atom. The van der Waals surface area contributed by atoms with Gasteiger partial charge in [-0.3, -0.25) is 0 Å². The van der Waals surface area contributed by atoms with Crippen LogP contribution in [-0.2, 0) is 11.3 Å². The Kier molecular flexibility index (Phi) is 5.47. The van der Waals surface area contributed by atoms with Crippen molar-refractivity contribution in [1.29, 1.82) is 0 Å². The van der Waals surface area contributed by atoms with Crippen molar-refractivity contribution in [2.45, 2.75) is 70.4 Å². The first-order valence-corrected chi connectivity index (χ1v) is 9.22. The molecule has 1 saturated heterocycles. The summed E-state index contributed by atoms with van der Waals surface area (Å²) >= 11 is 1.54. The molecular formula is C16H27N3OS. The van der Waals surface area contributed by atoms with Gasteiger partial charge in [0.25, 0.3) is 0 Å². The van der Waals surface area contributed by atoms with E-state index in [-0.39, 0.29) is 0 Å². The van der Waals surface area contributed by atoms with Crippen LogP contribution in [0.2, 0.25) is 0 Å². The van der Waals surface area contributed by atoms with Crippen molar-refractivity contribution >= 4 is 16.7 Å². The Morgan fingerprint density at radius 3 is 2.81 bits per heavy atom. The van der Waals surface area contributed by atoms with E-state index in [1.807, 2.05) is 0 Å². The predicted molar refractivity (Wildman–Crippen MR) is 86.8 cm³/mol. The second-order valence-corrected chi connectivity index (χ2v) is 7.23. The van der Waals surface area contributed by atoms with Gasteiger partial charge in [-0.15, -0.1) is 0 Å². The normalized spacial score (nSPS) is 23.9. The van der Waals surface area contributed by atoms with Crippen LogP contribution >= 0.6 is 11.5 Å². The summed E-state index contributed by atoms with van der Waals surface area (Å²) in [6.07, 6.45) is 12.7. The highest BCUT2D eigenvalue weighted by atomic mass is 32.1. The molecule has 0 bridgehead atoms. The van der Waals surface area contributed by atoms with Gasteiger partial charge in [0.2, 0.25) is 5.13 Å². The predicted octanol–water partition coefficient (Wildman–Crippen LogP) is 4.01. The van der Waals surface area contributed by atoms with E-state index in [1.165, 1.54) is 69.3 Å². The minimum Gasteiger partial charge on any atom is -0.377 e. The van der Waals surface area contributed by atoms with Crippen LogP contribution in [0, 0.1) is 5.92 Å². The smallest absolute Gasteiger partial charge is 0.205 e. The summed E-state index contributed by atoms with van der Waals surface area (Å²) in [7, 11) is 1.70. The summed E-state index contributed by atoms with van der Waals surface area (Å²) in [6, 6.07) is 0.690. The lowest BCUT2D eigenvalue weighted by Crippen LogP contribution is -2.29. The number of hydrogen-bond acceptors (Lipinski definition) is 5. The molecule has 2 heterocycles. The van der Waals surface area contributed by atoms with Gasteiger partial charge >= 0.3 is 0 Å². The van der Waals surface area contributed by atoms with Crippen LogP contribution in [0.15, 0.2) is 0 Å². The van der Waals surface area contributed by atoms with Crippen LogP contribution < -0.4 is 4.90 Å². The van der Waals surface area contributed by atoms with E-state index in [9.17, 15) is 0 Å². The van der Waals surface area contributed by atoms with Crippen LogP contribution in [0.1, 0.15) is 63.6 Å². The van der Waals surface area contributed by atoms with Crippen molar-refractivity contribution in [3.05, 3.63) is 5.82 Å². The summed E-state index contributed by atoms with van der Waals surface area (Å²) in [5.74, 6) is 1.81. The average molecular weight is 309 g/mol. The number of hydrogen-bond donors (Lipinski definition) is 0. The molecule has 0 aromatic carbocycles. The van der Waals surface area contributed by atoms with E-state index >= 15 is 0 Å². The highest BCUT2D eigenvalue weighted by molar-refractivity contribution is 7.09. The summed E-state index contributed by atoms with van der Waals surface area (Å²) < 4.78 is 9.52.